The van der Waals surface area contributed by atoms with Gasteiger partial charge in [-0.25, -0.2) is 4.79 Å². The molecule has 4 rings (SSSR count). The van der Waals surface area contributed by atoms with Gasteiger partial charge in [-0.15, -0.1) is 0 Å². The molecular formula is C21H16N2O7S. The monoisotopic (exact) mass is 440 g/mol. The topological polar surface area (TPSA) is 114 Å². The summed E-state index contributed by atoms with van der Waals surface area (Å²) in [5.74, 6) is -1.02. The number of aromatic carboxylic acids is 1. The Kier molecular flexibility index (Phi) is 5.30. The number of nitrogens with zero attached hydrogens (tertiary/aromatic N) is 1. The van der Waals surface area contributed by atoms with Gasteiger partial charge in [0.1, 0.15) is 11.3 Å². The first kappa shape index (κ1) is 20.4. The predicted octanol–water partition coefficient (Wildman–Crippen LogP) is 2.34. The van der Waals surface area contributed by atoms with Gasteiger partial charge in [-0.1, -0.05) is 0 Å². The highest BCUT2D eigenvalue weighted by Crippen LogP contribution is 2.39. The minimum Gasteiger partial charge on any atom is -0.493 e. The molecule has 0 spiro atoms. The van der Waals surface area contributed by atoms with E-state index < -0.39 is 17.8 Å². The molecule has 0 unspecified atom stereocenters. The summed E-state index contributed by atoms with van der Waals surface area (Å²) in [6.45, 7) is 2.23. The number of nitrogens with one attached hydrogen (secondary N) is 1. The minimum absolute atomic E-state index is 0.0562. The van der Waals surface area contributed by atoms with E-state index in [1.54, 1.807) is 19.1 Å². The van der Waals surface area contributed by atoms with Crippen molar-refractivity contribution >= 4 is 46.9 Å². The van der Waals surface area contributed by atoms with Crippen LogP contribution < -0.4 is 24.4 Å². The van der Waals surface area contributed by atoms with E-state index in [4.69, 9.17) is 31.5 Å². The maximum Gasteiger partial charge on any atom is 0.335 e. The highest BCUT2D eigenvalue weighted by Gasteiger charge is 2.35. The van der Waals surface area contributed by atoms with Gasteiger partial charge in [0.15, 0.2) is 16.6 Å². The maximum atomic E-state index is 13.2. The van der Waals surface area contributed by atoms with E-state index in [1.807, 2.05) is 0 Å². The molecule has 2 N–H and O–H groups in total. The third kappa shape index (κ3) is 3.80. The van der Waals surface area contributed by atoms with Gasteiger partial charge in [0, 0.05) is 11.6 Å². The van der Waals surface area contributed by atoms with Gasteiger partial charge >= 0.3 is 5.97 Å². The van der Waals surface area contributed by atoms with E-state index in [0.29, 0.717) is 35.1 Å². The van der Waals surface area contributed by atoms with Gasteiger partial charge < -0.3 is 19.3 Å². The van der Waals surface area contributed by atoms with E-state index in [1.165, 1.54) is 30.3 Å². The lowest BCUT2D eigenvalue weighted by Gasteiger charge is -2.29. The molecule has 0 atom stereocenters. The van der Waals surface area contributed by atoms with Crippen molar-refractivity contribution in [2.75, 3.05) is 18.3 Å². The Bertz CT molecular complexity index is 1140. The van der Waals surface area contributed by atoms with Crippen molar-refractivity contribution in [1.29, 1.82) is 0 Å². The Labute approximate surface area is 181 Å². The van der Waals surface area contributed by atoms with E-state index in [-0.39, 0.29) is 23.0 Å². The molecular weight excluding hydrogens is 424 g/mol. The fraction of sp³-hybridized carbons (Fsp3) is 0.143. The first-order chi connectivity index (χ1) is 14.9. The van der Waals surface area contributed by atoms with E-state index in [0.717, 1.165) is 4.90 Å². The summed E-state index contributed by atoms with van der Waals surface area (Å²) in [6, 6.07) is 8.83. The molecule has 1 fully saturated rings. The summed E-state index contributed by atoms with van der Waals surface area (Å²) < 4.78 is 16.4. The Balaban J connectivity index is 1.74. The molecule has 2 aromatic carbocycles. The third-order valence-electron chi connectivity index (χ3n) is 4.58. The van der Waals surface area contributed by atoms with Crippen molar-refractivity contribution in [3.8, 4) is 17.2 Å². The normalized spacial score (nSPS) is 16.5. The molecule has 10 heteroatoms. The van der Waals surface area contributed by atoms with Crippen LogP contribution in [0.5, 0.6) is 17.2 Å². The predicted molar refractivity (Wildman–Crippen MR) is 113 cm³/mol. The summed E-state index contributed by atoms with van der Waals surface area (Å²) in [6.07, 6.45) is 1.39. The van der Waals surface area contributed by atoms with Gasteiger partial charge in [0.25, 0.3) is 11.8 Å². The second-order valence-corrected chi connectivity index (χ2v) is 6.87. The number of benzene rings is 2. The van der Waals surface area contributed by atoms with Crippen molar-refractivity contribution in [1.82, 2.24) is 5.32 Å². The van der Waals surface area contributed by atoms with Crippen LogP contribution >= 0.6 is 12.2 Å². The number of carboxylic acids is 1. The molecule has 9 nitrogen and oxygen atoms in total. The molecule has 0 aliphatic carbocycles. The van der Waals surface area contributed by atoms with Crippen LogP contribution in [0.3, 0.4) is 0 Å². The van der Waals surface area contributed by atoms with E-state index in [2.05, 4.69) is 5.32 Å². The average molecular weight is 440 g/mol. The van der Waals surface area contributed by atoms with Crippen molar-refractivity contribution in [3.63, 3.8) is 0 Å². The lowest BCUT2D eigenvalue weighted by atomic mass is 10.1. The highest BCUT2D eigenvalue weighted by molar-refractivity contribution is 7.80. The molecule has 31 heavy (non-hydrogen) atoms. The van der Waals surface area contributed by atoms with Crippen LogP contribution in [0.1, 0.15) is 22.8 Å². The molecule has 0 radical (unpaired) electrons. The summed E-state index contributed by atoms with van der Waals surface area (Å²) in [7, 11) is 0. The molecule has 2 aliphatic rings. The van der Waals surface area contributed by atoms with Gasteiger partial charge in [-0.05, 0) is 55.5 Å². The molecule has 0 aromatic heterocycles. The summed E-state index contributed by atoms with van der Waals surface area (Å²) in [5, 5.41) is 11.4. The van der Waals surface area contributed by atoms with Crippen LogP contribution in [0.15, 0.2) is 42.0 Å². The molecule has 0 bridgehead atoms. The lowest BCUT2D eigenvalue weighted by molar-refractivity contribution is -0.122. The van der Waals surface area contributed by atoms with Crippen molar-refractivity contribution in [2.45, 2.75) is 6.92 Å². The fourth-order valence-electron chi connectivity index (χ4n) is 3.13. The quantitative estimate of drug-likeness (QED) is 0.414. The Morgan fingerprint density at radius 1 is 1.23 bits per heavy atom. The zero-order valence-electron chi connectivity index (χ0n) is 16.2. The van der Waals surface area contributed by atoms with Gasteiger partial charge in [-0.3, -0.25) is 19.8 Å². The maximum absolute atomic E-state index is 13.2. The first-order valence-electron chi connectivity index (χ1n) is 9.20. The van der Waals surface area contributed by atoms with Gasteiger partial charge in [0.05, 0.1) is 17.9 Å². The minimum atomic E-state index is -1.10. The number of ether oxygens (including phenoxy) is 3. The number of anilines is 1. The summed E-state index contributed by atoms with van der Waals surface area (Å²) in [5.41, 5.74) is 0.664. The number of rotatable bonds is 5. The second kappa shape index (κ2) is 8.07. The molecule has 2 aromatic rings. The molecule has 0 saturated carbocycles. The van der Waals surface area contributed by atoms with Gasteiger partial charge in [0.2, 0.25) is 6.79 Å². The number of hydrogen-bond donors (Lipinski definition) is 2. The standard InChI is InChI=1S/C21H16N2O7S/c1-2-28-15-9-17-16(29-10-30-17)8-12(15)7-14-18(24)22-21(31)23(19(14)25)13-5-3-11(4-6-13)20(26)27/h3-9H,2,10H2,1H3,(H,26,27)(H,22,24,31)/b14-7+. The van der Waals surface area contributed by atoms with E-state index in [9.17, 15) is 14.4 Å². The summed E-state index contributed by atoms with van der Waals surface area (Å²) in [4.78, 5) is 37.9. The van der Waals surface area contributed by atoms with Crippen LogP contribution in [0, 0.1) is 0 Å². The number of carbonyl (C=O) groups excluding carboxylic acids is 2. The average Bonchev–Trinajstić information content (AvgIpc) is 3.18. The van der Waals surface area contributed by atoms with Crippen LogP contribution in [0.4, 0.5) is 5.69 Å². The van der Waals surface area contributed by atoms with Crippen molar-refractivity contribution in [3.05, 3.63) is 53.1 Å². The number of carboxylic acid groups (broad SMARTS) is 1. The van der Waals surface area contributed by atoms with Crippen LogP contribution in [-0.4, -0.2) is 41.4 Å². The Hall–Kier alpha value is -3.92. The molecule has 2 aliphatic heterocycles. The van der Waals surface area contributed by atoms with E-state index >= 15 is 0 Å². The molecule has 2 amide bonds. The van der Waals surface area contributed by atoms with Gasteiger partial charge in [-0.2, -0.15) is 0 Å². The Morgan fingerprint density at radius 2 is 1.90 bits per heavy atom. The van der Waals surface area contributed by atoms with Crippen molar-refractivity contribution < 1.29 is 33.7 Å². The fourth-order valence-corrected chi connectivity index (χ4v) is 3.41. The van der Waals surface area contributed by atoms with Crippen LogP contribution in [0.25, 0.3) is 6.08 Å². The lowest BCUT2D eigenvalue weighted by Crippen LogP contribution is -2.54. The molecule has 2 heterocycles. The largest absolute Gasteiger partial charge is 0.493 e. The number of amides is 2. The Morgan fingerprint density at radius 3 is 2.55 bits per heavy atom. The number of thiocarbonyl (C=S) groups is 1. The zero-order chi connectivity index (χ0) is 22.1. The molecule has 158 valence electrons. The number of hydrogen-bond acceptors (Lipinski definition) is 7. The smallest absolute Gasteiger partial charge is 0.335 e. The molecule has 1 saturated heterocycles. The SMILES string of the molecule is CCOc1cc2c(cc1/C=C1\C(=O)NC(=S)N(c3ccc(C(=O)O)cc3)C1=O)OCO2. The second-order valence-electron chi connectivity index (χ2n) is 6.49. The number of fused-ring (bicyclic) bond motifs is 1. The van der Waals surface area contributed by atoms with Crippen LogP contribution in [-0.2, 0) is 9.59 Å². The number of carbonyl (C=O) groups is 3. The first-order valence-corrected chi connectivity index (χ1v) is 9.61. The van der Waals surface area contributed by atoms with Crippen LogP contribution in [0.2, 0.25) is 0 Å². The third-order valence-corrected chi connectivity index (χ3v) is 4.86. The zero-order valence-corrected chi connectivity index (χ0v) is 17.0. The highest BCUT2D eigenvalue weighted by atomic mass is 32.1. The van der Waals surface area contributed by atoms with Crippen molar-refractivity contribution in [2.24, 2.45) is 0 Å². The summed E-state index contributed by atoms with van der Waals surface area (Å²) >= 11 is 5.17.